The van der Waals surface area contributed by atoms with Crippen LogP contribution in [0.1, 0.15) is 66.2 Å². The van der Waals surface area contributed by atoms with E-state index in [1.54, 1.807) is 27.7 Å². The summed E-state index contributed by atoms with van der Waals surface area (Å²) in [6.07, 6.45) is 0.309. The van der Waals surface area contributed by atoms with Gasteiger partial charge >= 0.3 is 5.97 Å². The average molecular weight is 769 g/mol. The molecule has 8 amide bonds. The van der Waals surface area contributed by atoms with Crippen LogP contribution >= 0.6 is 0 Å². The Morgan fingerprint density at radius 3 is 1.89 bits per heavy atom. The highest BCUT2D eigenvalue weighted by Gasteiger charge is 2.39. The lowest BCUT2D eigenvalue weighted by molar-refractivity contribution is -0.143. The zero-order valence-corrected chi connectivity index (χ0v) is 31.1. The lowest BCUT2D eigenvalue weighted by Gasteiger charge is -2.31. The fraction of sp³-hybridized carbons (Fsp3) is 0.688. The van der Waals surface area contributed by atoms with Crippen molar-refractivity contribution >= 4 is 59.2 Å². The molecule has 22 nitrogen and oxygen atoms in total. The van der Waals surface area contributed by atoms with Crippen molar-refractivity contribution in [3.63, 3.8) is 0 Å². The van der Waals surface area contributed by atoms with E-state index in [0.717, 1.165) is 0 Å². The van der Waals surface area contributed by atoms with Crippen LogP contribution in [0.4, 0.5) is 0 Å². The highest BCUT2D eigenvalue weighted by Crippen LogP contribution is 2.20. The van der Waals surface area contributed by atoms with Crippen LogP contribution in [0.3, 0.4) is 0 Å². The molecule has 0 aliphatic carbocycles. The van der Waals surface area contributed by atoms with E-state index in [2.05, 4.69) is 36.9 Å². The van der Waals surface area contributed by atoms with Gasteiger partial charge in [-0.1, -0.05) is 27.7 Å². The smallest absolute Gasteiger partial charge is 0.322 e. The molecular weight excluding hydrogens is 712 g/mol. The Kier molecular flexibility index (Phi) is 20.0. The molecule has 0 aromatic carbocycles. The number of nitrogens with two attached hydrogens (primary N) is 4. The van der Waals surface area contributed by atoms with Crippen LogP contribution in [0.5, 0.6) is 0 Å². The van der Waals surface area contributed by atoms with Crippen molar-refractivity contribution in [2.45, 2.75) is 96.4 Å². The van der Waals surface area contributed by atoms with Crippen molar-refractivity contribution < 1.29 is 48.3 Å². The predicted octanol–water partition coefficient (Wildman–Crippen LogP) is -5.18. The van der Waals surface area contributed by atoms with Crippen LogP contribution in [0, 0.1) is 11.8 Å². The fourth-order valence-electron chi connectivity index (χ4n) is 5.42. The van der Waals surface area contributed by atoms with Crippen molar-refractivity contribution in [2.75, 3.05) is 32.7 Å². The lowest BCUT2D eigenvalue weighted by Crippen LogP contribution is -2.60. The molecule has 22 heteroatoms. The summed E-state index contributed by atoms with van der Waals surface area (Å²) in [5.74, 6) is -8.28. The van der Waals surface area contributed by atoms with Crippen LogP contribution in [0.25, 0.3) is 0 Å². The van der Waals surface area contributed by atoms with Crippen molar-refractivity contribution in [3.8, 4) is 0 Å². The monoisotopic (exact) mass is 768 g/mol. The molecule has 0 unspecified atom stereocenters. The number of carboxylic acid groups (broad SMARTS) is 1. The van der Waals surface area contributed by atoms with Crippen molar-refractivity contribution in [1.29, 1.82) is 0 Å². The molecule has 0 aromatic heterocycles. The summed E-state index contributed by atoms with van der Waals surface area (Å²) in [5.41, 5.74) is 21.4. The number of hydrogen-bond acceptors (Lipinski definition) is 11. The molecule has 1 rings (SSSR count). The number of likely N-dealkylation sites (tertiary alicyclic amines) is 1. The molecular formula is C32H56N12O10. The number of primary amides is 1. The molecule has 0 spiro atoms. The molecule has 1 heterocycles. The molecule has 304 valence electrons. The van der Waals surface area contributed by atoms with Crippen LogP contribution in [0.2, 0.25) is 0 Å². The van der Waals surface area contributed by atoms with Gasteiger partial charge in [-0.25, -0.2) is 0 Å². The van der Waals surface area contributed by atoms with E-state index in [4.69, 9.17) is 28.0 Å². The summed E-state index contributed by atoms with van der Waals surface area (Å²) >= 11 is 0. The number of nitrogens with one attached hydrogen (secondary N) is 6. The molecule has 15 N–H and O–H groups in total. The summed E-state index contributed by atoms with van der Waals surface area (Å²) in [6, 6.07) is -6.05. The third-order valence-electron chi connectivity index (χ3n) is 8.27. The van der Waals surface area contributed by atoms with Crippen LogP contribution in [0.15, 0.2) is 4.99 Å². The summed E-state index contributed by atoms with van der Waals surface area (Å²) in [7, 11) is 0. The number of carboxylic acids is 1. The average Bonchev–Trinajstić information content (AvgIpc) is 3.59. The summed E-state index contributed by atoms with van der Waals surface area (Å²) in [5, 5.41) is 23.8. The van der Waals surface area contributed by atoms with Gasteiger partial charge in [-0.15, -0.1) is 0 Å². The number of nitrogens with zero attached hydrogens (tertiary/aromatic N) is 2. The molecule has 5 atom stereocenters. The normalized spacial score (nSPS) is 15.9. The number of carbonyl (C=O) groups excluding carboxylic acids is 8. The van der Waals surface area contributed by atoms with Gasteiger partial charge in [-0.3, -0.25) is 48.1 Å². The second kappa shape index (κ2) is 23.2. The van der Waals surface area contributed by atoms with E-state index in [1.807, 2.05) is 0 Å². The SMILES string of the molecule is CC(C)[C@H](NC(=O)CNC(=O)CN)C(=O)N[C@@H](CCCN=C(N)N)C(=O)N[C@H](C(=O)N[C@@H](CCC(N)=O)C(=O)N1CCC[C@H]1C(=O)NCC(=O)O)C(C)C. The van der Waals surface area contributed by atoms with E-state index < -0.39 is 108 Å². The van der Waals surface area contributed by atoms with Gasteiger partial charge in [0.25, 0.3) is 0 Å². The molecule has 1 aliphatic heterocycles. The zero-order chi connectivity index (χ0) is 41.1. The minimum absolute atomic E-state index is 0.00782. The highest BCUT2D eigenvalue weighted by atomic mass is 16.4. The van der Waals surface area contributed by atoms with Gasteiger partial charge in [0.15, 0.2) is 5.96 Å². The topological polar surface area (TPSA) is 366 Å². The number of amides is 8. The van der Waals surface area contributed by atoms with Gasteiger partial charge in [-0.2, -0.15) is 0 Å². The first-order valence-electron chi connectivity index (χ1n) is 17.6. The predicted molar refractivity (Wildman–Crippen MR) is 193 cm³/mol. The molecule has 0 aromatic rings. The molecule has 54 heavy (non-hydrogen) atoms. The van der Waals surface area contributed by atoms with E-state index in [9.17, 15) is 43.2 Å². The Balaban J connectivity index is 3.27. The second-order valence-electron chi connectivity index (χ2n) is 13.4. The Hall–Kier alpha value is -5.54. The standard InChI is InChI=1S/C32H56N12O10/c1-16(2)25(42-23(47)14-38-22(46)13-33)29(52)40-18(7-5-11-37-32(35)36)27(50)43-26(17(3)4)30(53)41-19(9-10-21(34)45)31(54)44-12-6-8-20(44)28(51)39-15-24(48)49/h16-20,25-26H,5-15,33H2,1-4H3,(H2,34,45)(H,38,46)(H,39,51)(H,40,52)(H,41,53)(H,42,47)(H,43,50)(H,48,49)(H4,35,36,37)/t18-,19-,20-,25-,26-/m0/s1. The molecule has 1 fully saturated rings. The number of rotatable bonds is 23. The minimum Gasteiger partial charge on any atom is -0.480 e. The molecule has 0 bridgehead atoms. The van der Waals surface area contributed by atoms with Gasteiger partial charge in [-0.05, 0) is 43.9 Å². The van der Waals surface area contributed by atoms with Gasteiger partial charge < -0.3 is 64.8 Å². The Morgan fingerprint density at radius 2 is 1.35 bits per heavy atom. The molecule has 1 aliphatic rings. The van der Waals surface area contributed by atoms with Crippen molar-refractivity contribution in [3.05, 3.63) is 0 Å². The first kappa shape index (κ1) is 46.5. The molecule has 0 saturated carbocycles. The quantitative estimate of drug-likeness (QED) is 0.0263. The summed E-state index contributed by atoms with van der Waals surface area (Å²) in [6.45, 7) is 5.31. The fourth-order valence-corrected chi connectivity index (χ4v) is 5.42. The number of aliphatic imine (C=N–C) groups is 1. The Bertz CT molecular complexity index is 1400. The number of guanidine groups is 1. The molecule has 1 saturated heterocycles. The summed E-state index contributed by atoms with van der Waals surface area (Å²) in [4.78, 5) is 119. The van der Waals surface area contributed by atoms with Gasteiger partial charge in [0.1, 0.15) is 36.8 Å². The number of aliphatic carboxylic acids is 1. The number of hydrogen-bond donors (Lipinski definition) is 11. The Morgan fingerprint density at radius 1 is 0.759 bits per heavy atom. The second-order valence-corrected chi connectivity index (χ2v) is 13.4. The Labute approximate surface area is 313 Å². The first-order chi connectivity index (χ1) is 25.3. The minimum atomic E-state index is -1.35. The third kappa shape index (κ3) is 16.4. The van der Waals surface area contributed by atoms with Crippen LogP contribution in [-0.4, -0.2) is 132 Å². The van der Waals surface area contributed by atoms with E-state index >= 15 is 0 Å². The lowest BCUT2D eigenvalue weighted by atomic mass is 9.99. The zero-order valence-electron chi connectivity index (χ0n) is 31.1. The van der Waals surface area contributed by atoms with Gasteiger partial charge in [0, 0.05) is 19.5 Å². The van der Waals surface area contributed by atoms with Gasteiger partial charge in [0.2, 0.25) is 47.3 Å². The van der Waals surface area contributed by atoms with Crippen molar-refractivity contribution in [1.82, 2.24) is 36.8 Å². The maximum absolute atomic E-state index is 13.8. The third-order valence-corrected chi connectivity index (χ3v) is 8.27. The molecule has 0 radical (unpaired) electrons. The van der Waals surface area contributed by atoms with Crippen molar-refractivity contribution in [2.24, 2.45) is 39.8 Å². The van der Waals surface area contributed by atoms with E-state index in [1.165, 1.54) is 4.90 Å². The van der Waals surface area contributed by atoms with Crippen LogP contribution < -0.4 is 54.8 Å². The summed E-state index contributed by atoms with van der Waals surface area (Å²) < 4.78 is 0. The maximum Gasteiger partial charge on any atom is 0.322 e. The largest absolute Gasteiger partial charge is 0.480 e. The first-order valence-corrected chi connectivity index (χ1v) is 17.6. The maximum atomic E-state index is 13.8. The number of carbonyl (C=O) groups is 9. The van der Waals surface area contributed by atoms with E-state index in [-0.39, 0.29) is 57.7 Å². The van der Waals surface area contributed by atoms with Gasteiger partial charge in [0.05, 0.1) is 13.1 Å². The van der Waals surface area contributed by atoms with E-state index in [0.29, 0.717) is 6.42 Å². The van der Waals surface area contributed by atoms with Crippen LogP contribution in [-0.2, 0) is 43.2 Å². The highest BCUT2D eigenvalue weighted by molar-refractivity contribution is 5.97.